The zero-order valence-electron chi connectivity index (χ0n) is 17.4. The third-order valence-corrected chi connectivity index (χ3v) is 7.55. The zero-order valence-corrected chi connectivity index (χ0v) is 18.3. The predicted octanol–water partition coefficient (Wildman–Crippen LogP) is 7.86. The molecule has 0 radical (unpaired) electrons. The van der Waals surface area contributed by atoms with Crippen molar-refractivity contribution in [3.8, 4) is 5.75 Å². The molecule has 2 aliphatic carbocycles. The standard InChI is InChI=1S/C25H28F4OS/c26-23-14-11-21(15-24(23)27)30-25(28,29)20-9-5-18(6-10-20)16-1-3-17(4-2-16)19-7-12-22(31)13-8-19/h5-6,9-11,14-17,19,22,31H,1-4,7-8,12-13H2. The van der Waals surface area contributed by atoms with Gasteiger partial charge in [0.15, 0.2) is 11.6 Å². The number of hydrogen-bond acceptors (Lipinski definition) is 2. The van der Waals surface area contributed by atoms with Crippen LogP contribution in [0.25, 0.3) is 0 Å². The summed E-state index contributed by atoms with van der Waals surface area (Å²) in [6.07, 6.45) is 5.95. The molecular weight excluding hydrogens is 424 g/mol. The Hall–Kier alpha value is -1.69. The van der Waals surface area contributed by atoms with Crippen molar-refractivity contribution in [1.82, 2.24) is 0 Å². The molecular formula is C25H28F4OS. The van der Waals surface area contributed by atoms with E-state index in [9.17, 15) is 17.6 Å². The highest BCUT2D eigenvalue weighted by atomic mass is 32.1. The van der Waals surface area contributed by atoms with Crippen molar-refractivity contribution in [2.24, 2.45) is 11.8 Å². The van der Waals surface area contributed by atoms with Gasteiger partial charge in [0.1, 0.15) is 5.75 Å². The minimum atomic E-state index is -3.63. The number of thiol groups is 1. The molecule has 2 aliphatic rings. The number of rotatable bonds is 5. The Bertz CT molecular complexity index is 870. The van der Waals surface area contributed by atoms with E-state index in [1.807, 2.05) is 0 Å². The average Bonchev–Trinajstić information content (AvgIpc) is 2.77. The van der Waals surface area contributed by atoms with Gasteiger partial charge in [0.25, 0.3) is 0 Å². The van der Waals surface area contributed by atoms with Crippen LogP contribution < -0.4 is 4.74 Å². The Balaban J connectivity index is 1.35. The summed E-state index contributed by atoms with van der Waals surface area (Å²) in [6.45, 7) is 0. The molecule has 31 heavy (non-hydrogen) atoms. The van der Waals surface area contributed by atoms with Gasteiger partial charge in [-0.1, -0.05) is 12.1 Å². The van der Waals surface area contributed by atoms with Crippen molar-refractivity contribution < 1.29 is 22.3 Å². The fourth-order valence-electron chi connectivity index (χ4n) is 5.19. The molecule has 0 aliphatic heterocycles. The summed E-state index contributed by atoms with van der Waals surface area (Å²) in [4.78, 5) is 0. The van der Waals surface area contributed by atoms with Crippen LogP contribution in [0.2, 0.25) is 0 Å². The Morgan fingerprint density at radius 2 is 1.32 bits per heavy atom. The van der Waals surface area contributed by atoms with Crippen molar-refractivity contribution >= 4 is 12.6 Å². The topological polar surface area (TPSA) is 9.23 Å². The second-order valence-corrected chi connectivity index (χ2v) is 9.73. The molecule has 1 nitrogen and oxygen atoms in total. The average molecular weight is 453 g/mol. The van der Waals surface area contributed by atoms with Crippen LogP contribution in [0, 0.1) is 23.5 Å². The van der Waals surface area contributed by atoms with Crippen molar-refractivity contribution in [3.05, 3.63) is 65.2 Å². The van der Waals surface area contributed by atoms with E-state index in [1.54, 1.807) is 12.1 Å². The summed E-state index contributed by atoms with van der Waals surface area (Å²) in [5.74, 6) is -0.753. The van der Waals surface area contributed by atoms with Crippen molar-refractivity contribution in [2.75, 3.05) is 0 Å². The summed E-state index contributed by atoms with van der Waals surface area (Å²) < 4.78 is 59.9. The molecule has 0 saturated heterocycles. The first-order valence-corrected chi connectivity index (χ1v) is 11.6. The van der Waals surface area contributed by atoms with E-state index in [0.717, 1.165) is 42.4 Å². The van der Waals surface area contributed by atoms with E-state index in [0.29, 0.717) is 17.2 Å². The monoisotopic (exact) mass is 452 g/mol. The van der Waals surface area contributed by atoms with E-state index in [1.165, 1.54) is 50.7 Å². The van der Waals surface area contributed by atoms with E-state index >= 15 is 0 Å². The Morgan fingerprint density at radius 3 is 1.90 bits per heavy atom. The number of halogens is 4. The number of hydrogen-bond donors (Lipinski definition) is 1. The highest BCUT2D eigenvalue weighted by Crippen LogP contribution is 2.44. The first kappa shape index (κ1) is 22.5. The van der Waals surface area contributed by atoms with Crippen molar-refractivity contribution in [1.29, 1.82) is 0 Å². The third-order valence-electron chi connectivity index (χ3n) is 7.04. The fraction of sp³-hybridized carbons (Fsp3) is 0.520. The molecule has 0 atom stereocenters. The van der Waals surface area contributed by atoms with Crippen molar-refractivity contribution in [3.63, 3.8) is 0 Å². The van der Waals surface area contributed by atoms with E-state index in [2.05, 4.69) is 17.4 Å². The highest BCUT2D eigenvalue weighted by Gasteiger charge is 2.35. The predicted molar refractivity (Wildman–Crippen MR) is 117 cm³/mol. The molecule has 168 valence electrons. The molecule has 0 unspecified atom stereocenters. The Labute approximate surface area is 186 Å². The molecule has 0 aromatic heterocycles. The van der Waals surface area contributed by atoms with Gasteiger partial charge >= 0.3 is 6.11 Å². The van der Waals surface area contributed by atoms with Gasteiger partial charge in [0.2, 0.25) is 0 Å². The van der Waals surface area contributed by atoms with Gasteiger partial charge in [-0.05, 0) is 98.9 Å². The van der Waals surface area contributed by atoms with Gasteiger partial charge in [-0.3, -0.25) is 0 Å². The SMILES string of the molecule is Fc1ccc(OC(F)(F)c2ccc(C3CCC(C4CCC(S)CC4)CC3)cc2)cc1F. The third kappa shape index (κ3) is 5.39. The van der Waals surface area contributed by atoms with Crippen LogP contribution in [-0.4, -0.2) is 5.25 Å². The Kier molecular flexibility index (Phi) is 6.85. The van der Waals surface area contributed by atoms with Crippen LogP contribution in [0.1, 0.15) is 68.4 Å². The molecule has 2 fully saturated rings. The van der Waals surface area contributed by atoms with E-state index in [4.69, 9.17) is 0 Å². The molecule has 2 aromatic rings. The lowest BCUT2D eigenvalue weighted by atomic mass is 9.70. The number of benzene rings is 2. The van der Waals surface area contributed by atoms with Crippen LogP contribution in [0.15, 0.2) is 42.5 Å². The molecule has 0 spiro atoms. The van der Waals surface area contributed by atoms with Gasteiger partial charge in [-0.2, -0.15) is 21.4 Å². The number of alkyl halides is 2. The maximum atomic E-state index is 14.5. The van der Waals surface area contributed by atoms with Gasteiger partial charge in [-0.15, -0.1) is 0 Å². The molecule has 6 heteroatoms. The normalized spacial score (nSPS) is 27.1. The lowest BCUT2D eigenvalue weighted by molar-refractivity contribution is -0.185. The Morgan fingerprint density at radius 1 is 0.742 bits per heavy atom. The first-order chi connectivity index (χ1) is 14.8. The lowest BCUT2D eigenvalue weighted by Crippen LogP contribution is -2.25. The molecule has 0 heterocycles. The fourth-order valence-corrected chi connectivity index (χ4v) is 5.49. The maximum absolute atomic E-state index is 14.5. The molecule has 2 aromatic carbocycles. The summed E-state index contributed by atoms with van der Waals surface area (Å²) in [7, 11) is 0. The minimum Gasteiger partial charge on any atom is -0.429 e. The second kappa shape index (κ2) is 9.43. The van der Waals surface area contributed by atoms with Crippen LogP contribution in [-0.2, 0) is 6.11 Å². The summed E-state index contributed by atoms with van der Waals surface area (Å²) in [6, 6.07) is 8.61. The molecule has 0 amide bonds. The quantitative estimate of drug-likeness (QED) is 0.359. The van der Waals surface area contributed by atoms with Gasteiger partial charge in [-0.25, -0.2) is 8.78 Å². The second-order valence-electron chi connectivity index (χ2n) is 9.00. The van der Waals surface area contributed by atoms with Crippen LogP contribution in [0.4, 0.5) is 17.6 Å². The summed E-state index contributed by atoms with van der Waals surface area (Å²) in [5, 5.41) is 0.565. The zero-order chi connectivity index (χ0) is 22.0. The smallest absolute Gasteiger partial charge is 0.426 e. The van der Waals surface area contributed by atoms with Gasteiger partial charge < -0.3 is 4.74 Å². The van der Waals surface area contributed by atoms with E-state index < -0.39 is 23.5 Å². The molecule has 0 N–H and O–H groups in total. The molecule has 4 rings (SSSR count). The summed E-state index contributed by atoms with van der Waals surface area (Å²) >= 11 is 4.60. The largest absolute Gasteiger partial charge is 0.429 e. The van der Waals surface area contributed by atoms with Crippen LogP contribution in [0.5, 0.6) is 5.75 Å². The minimum absolute atomic E-state index is 0.307. The van der Waals surface area contributed by atoms with E-state index in [-0.39, 0.29) is 5.56 Å². The molecule has 2 saturated carbocycles. The van der Waals surface area contributed by atoms with Crippen LogP contribution in [0.3, 0.4) is 0 Å². The maximum Gasteiger partial charge on any atom is 0.426 e. The first-order valence-electron chi connectivity index (χ1n) is 11.1. The van der Waals surface area contributed by atoms with Crippen molar-refractivity contribution in [2.45, 2.75) is 68.6 Å². The van der Waals surface area contributed by atoms with Gasteiger partial charge in [0, 0.05) is 11.3 Å². The number of ether oxygens (including phenoxy) is 1. The summed E-state index contributed by atoms with van der Waals surface area (Å²) in [5.41, 5.74) is 0.767. The lowest BCUT2D eigenvalue weighted by Gasteiger charge is -2.37. The van der Waals surface area contributed by atoms with Crippen LogP contribution >= 0.6 is 12.6 Å². The van der Waals surface area contributed by atoms with Gasteiger partial charge in [0.05, 0.1) is 5.56 Å². The highest BCUT2D eigenvalue weighted by molar-refractivity contribution is 7.80. The molecule has 0 bridgehead atoms.